The molecule has 0 amide bonds. The zero-order valence-electron chi connectivity index (χ0n) is 16.1. The first-order valence-electron chi connectivity index (χ1n) is 8.88. The van der Waals surface area contributed by atoms with Gasteiger partial charge < -0.3 is 4.84 Å². The number of non-ortho nitro benzene ring substituents is 2. The average molecular weight is 421 g/mol. The van der Waals surface area contributed by atoms with Crippen molar-refractivity contribution in [2.75, 3.05) is 5.48 Å². The fourth-order valence-corrected chi connectivity index (χ4v) is 2.84. The lowest BCUT2D eigenvalue weighted by Crippen LogP contribution is -2.16. The highest BCUT2D eigenvalue weighted by atomic mass is 16.7. The zero-order chi connectivity index (χ0) is 22.5. The molecule has 0 bridgehead atoms. The van der Waals surface area contributed by atoms with Gasteiger partial charge in [0.25, 0.3) is 11.4 Å². The molecule has 0 unspecified atom stereocenters. The van der Waals surface area contributed by atoms with Gasteiger partial charge in [0, 0.05) is 35.4 Å². The van der Waals surface area contributed by atoms with Gasteiger partial charge in [-0.05, 0) is 36.8 Å². The molecule has 10 nitrogen and oxygen atoms in total. The van der Waals surface area contributed by atoms with Gasteiger partial charge in [-0.1, -0.05) is 18.2 Å². The quantitative estimate of drug-likeness (QED) is 0.339. The summed E-state index contributed by atoms with van der Waals surface area (Å²) in [4.78, 5) is 51.5. The minimum atomic E-state index is -0.929. The Kier molecular flexibility index (Phi) is 6.01. The van der Waals surface area contributed by atoms with E-state index in [1.54, 1.807) is 30.3 Å². The number of nitro benzene ring substituents is 2. The Morgan fingerprint density at radius 2 is 1.39 bits per heavy atom. The predicted molar refractivity (Wildman–Crippen MR) is 110 cm³/mol. The smallest absolute Gasteiger partial charge is 0.338 e. The molecule has 0 aliphatic heterocycles. The number of hydrogen-bond acceptors (Lipinski definition) is 8. The molecule has 1 N–H and O–H groups in total. The molecule has 156 valence electrons. The first-order chi connectivity index (χ1) is 14.8. The lowest BCUT2D eigenvalue weighted by atomic mass is 9.94. The third-order valence-corrected chi connectivity index (χ3v) is 4.38. The molecule has 10 heteroatoms. The van der Waals surface area contributed by atoms with Gasteiger partial charge in [-0.15, -0.1) is 0 Å². The lowest BCUT2D eigenvalue weighted by molar-refractivity contribution is -0.385. The van der Waals surface area contributed by atoms with Crippen LogP contribution in [-0.4, -0.2) is 21.6 Å². The number of nitrogens with one attached hydrogen (secondary N) is 1. The van der Waals surface area contributed by atoms with Crippen LogP contribution < -0.4 is 5.48 Å². The van der Waals surface area contributed by atoms with Gasteiger partial charge in [0.2, 0.25) is 0 Å². The second-order valence-corrected chi connectivity index (χ2v) is 6.43. The third-order valence-electron chi connectivity index (χ3n) is 4.38. The van der Waals surface area contributed by atoms with Crippen LogP contribution in [0.3, 0.4) is 0 Å². The summed E-state index contributed by atoms with van der Waals surface area (Å²) in [5.74, 6) is -1.63. The maximum absolute atomic E-state index is 13.1. The Labute approximate surface area is 175 Å². The topological polar surface area (TPSA) is 142 Å². The van der Waals surface area contributed by atoms with E-state index in [0.717, 1.165) is 24.3 Å². The summed E-state index contributed by atoms with van der Waals surface area (Å²) in [6, 6.07) is 15.3. The zero-order valence-corrected chi connectivity index (χ0v) is 16.1. The lowest BCUT2D eigenvalue weighted by Gasteiger charge is -2.11. The van der Waals surface area contributed by atoms with E-state index in [2.05, 4.69) is 5.48 Å². The first kappa shape index (κ1) is 21.1. The minimum Gasteiger partial charge on any atom is -0.338 e. The second-order valence-electron chi connectivity index (χ2n) is 6.43. The summed E-state index contributed by atoms with van der Waals surface area (Å²) in [5, 5.41) is 22.1. The van der Waals surface area contributed by atoms with Gasteiger partial charge in [0.1, 0.15) is 0 Å². The molecular weight excluding hydrogens is 406 g/mol. The molecule has 0 saturated carbocycles. The molecule has 3 rings (SSSR count). The van der Waals surface area contributed by atoms with E-state index in [9.17, 15) is 29.8 Å². The fraction of sp³-hybridized carbons (Fsp3) is 0.0476. The van der Waals surface area contributed by atoms with Crippen molar-refractivity contribution in [2.24, 2.45) is 0 Å². The van der Waals surface area contributed by atoms with Crippen LogP contribution in [0.25, 0.3) is 0 Å². The summed E-state index contributed by atoms with van der Waals surface area (Å²) >= 11 is 0. The van der Waals surface area contributed by atoms with Crippen molar-refractivity contribution in [1.29, 1.82) is 0 Å². The van der Waals surface area contributed by atoms with E-state index in [1.807, 2.05) is 0 Å². The number of nitrogens with zero attached hydrogens (tertiary/aromatic N) is 2. The normalized spacial score (nSPS) is 10.2. The van der Waals surface area contributed by atoms with Crippen molar-refractivity contribution in [2.45, 2.75) is 6.92 Å². The maximum atomic E-state index is 13.1. The number of para-hydroxylation sites is 1. The van der Waals surface area contributed by atoms with E-state index < -0.39 is 27.3 Å². The van der Waals surface area contributed by atoms with Crippen molar-refractivity contribution in [3.63, 3.8) is 0 Å². The summed E-state index contributed by atoms with van der Waals surface area (Å²) < 4.78 is 0. The van der Waals surface area contributed by atoms with Gasteiger partial charge >= 0.3 is 5.97 Å². The average Bonchev–Trinajstić information content (AvgIpc) is 2.77. The number of nitro groups is 2. The van der Waals surface area contributed by atoms with Gasteiger partial charge in [-0.2, -0.15) is 0 Å². The Hall–Kier alpha value is -4.60. The molecule has 0 atom stereocenters. The molecule has 0 heterocycles. The maximum Gasteiger partial charge on any atom is 0.363 e. The number of rotatable bonds is 7. The number of benzene rings is 3. The summed E-state index contributed by atoms with van der Waals surface area (Å²) in [7, 11) is 0. The molecule has 0 saturated heterocycles. The van der Waals surface area contributed by atoms with Crippen molar-refractivity contribution in [3.05, 3.63) is 109 Å². The molecule has 0 spiro atoms. The number of hydrogen-bond donors (Lipinski definition) is 1. The predicted octanol–water partition coefficient (Wildman–Crippen LogP) is 4.23. The van der Waals surface area contributed by atoms with Gasteiger partial charge in [-0.25, -0.2) is 10.3 Å². The highest BCUT2D eigenvalue weighted by molar-refractivity contribution is 6.15. The highest BCUT2D eigenvalue weighted by Gasteiger charge is 2.25. The van der Waals surface area contributed by atoms with Crippen molar-refractivity contribution < 1.29 is 24.3 Å². The Morgan fingerprint density at radius 3 is 1.97 bits per heavy atom. The minimum absolute atomic E-state index is 0.0659. The van der Waals surface area contributed by atoms with Crippen LogP contribution in [0.2, 0.25) is 0 Å². The standard InChI is InChI=1S/C21H15N3O7/c1-13-11-15(23(27)28)7-9-17(13)20(25)19-12-16(24(29)30)8-10-18(19)21(26)31-22-14-5-3-2-4-6-14/h2-12,22H,1H3. The number of carbonyl (C=O) groups is 2. The van der Waals surface area contributed by atoms with Crippen molar-refractivity contribution >= 4 is 28.8 Å². The molecular formula is C21H15N3O7. The fourth-order valence-electron chi connectivity index (χ4n) is 2.84. The number of aryl methyl sites for hydroxylation is 1. The number of ketones is 1. The van der Waals surface area contributed by atoms with E-state index in [1.165, 1.54) is 19.1 Å². The van der Waals surface area contributed by atoms with Crippen LogP contribution in [0, 0.1) is 27.2 Å². The van der Waals surface area contributed by atoms with E-state index >= 15 is 0 Å². The summed E-state index contributed by atoms with van der Waals surface area (Å²) in [5.41, 5.74) is 2.22. The van der Waals surface area contributed by atoms with Crippen LogP contribution in [0.4, 0.5) is 17.1 Å². The number of carbonyl (C=O) groups excluding carboxylic acids is 2. The third kappa shape index (κ3) is 4.70. The second kappa shape index (κ2) is 8.82. The van der Waals surface area contributed by atoms with Crippen LogP contribution in [0.1, 0.15) is 31.8 Å². The molecule has 3 aromatic rings. The Bertz CT molecular complexity index is 1190. The molecule has 3 aromatic carbocycles. The largest absolute Gasteiger partial charge is 0.363 e. The van der Waals surface area contributed by atoms with E-state index in [0.29, 0.717) is 5.69 Å². The van der Waals surface area contributed by atoms with Crippen LogP contribution in [0.5, 0.6) is 0 Å². The van der Waals surface area contributed by atoms with Gasteiger partial charge in [0.05, 0.1) is 21.1 Å². The van der Waals surface area contributed by atoms with E-state index in [-0.39, 0.29) is 27.9 Å². The first-order valence-corrected chi connectivity index (χ1v) is 8.88. The summed E-state index contributed by atoms with van der Waals surface area (Å²) in [6.45, 7) is 1.49. The Balaban J connectivity index is 1.98. The molecule has 0 fully saturated rings. The Morgan fingerprint density at radius 1 is 0.806 bits per heavy atom. The molecule has 0 aromatic heterocycles. The number of anilines is 1. The van der Waals surface area contributed by atoms with Crippen LogP contribution in [0.15, 0.2) is 66.7 Å². The van der Waals surface area contributed by atoms with Crippen molar-refractivity contribution in [3.8, 4) is 0 Å². The molecule has 31 heavy (non-hydrogen) atoms. The highest BCUT2D eigenvalue weighted by Crippen LogP contribution is 2.25. The van der Waals surface area contributed by atoms with E-state index in [4.69, 9.17) is 4.84 Å². The van der Waals surface area contributed by atoms with Gasteiger partial charge in [-0.3, -0.25) is 25.0 Å². The van der Waals surface area contributed by atoms with Crippen molar-refractivity contribution in [1.82, 2.24) is 0 Å². The molecule has 0 aliphatic carbocycles. The summed E-state index contributed by atoms with van der Waals surface area (Å²) in [6.07, 6.45) is 0. The van der Waals surface area contributed by atoms with Gasteiger partial charge in [0.15, 0.2) is 5.78 Å². The SMILES string of the molecule is Cc1cc([N+](=O)[O-])ccc1C(=O)c1cc([N+](=O)[O-])ccc1C(=O)ONc1ccccc1. The van der Waals surface area contributed by atoms with Crippen LogP contribution in [-0.2, 0) is 4.84 Å². The van der Waals surface area contributed by atoms with Crippen LogP contribution >= 0.6 is 0 Å². The monoisotopic (exact) mass is 421 g/mol. The molecule has 0 aliphatic rings. The molecule has 0 radical (unpaired) electrons.